The highest BCUT2D eigenvalue weighted by molar-refractivity contribution is 4.63. The fraction of sp³-hybridized carbons (Fsp3) is 1.00. The second-order valence-corrected chi connectivity index (χ2v) is 3.09. The Kier molecular flexibility index (Phi) is 6.57. The molecule has 0 aliphatic heterocycles. The molecule has 0 radical (unpaired) electrons. The molecule has 0 amide bonds. The molecule has 11 heavy (non-hydrogen) atoms. The molecule has 2 heteroatoms. The van der Waals surface area contributed by atoms with Gasteiger partial charge in [0.2, 0.25) is 0 Å². The van der Waals surface area contributed by atoms with Gasteiger partial charge in [0.15, 0.2) is 0 Å². The quantitative estimate of drug-likeness (QED) is 0.474. The van der Waals surface area contributed by atoms with E-state index >= 15 is 0 Å². The van der Waals surface area contributed by atoms with Crippen molar-refractivity contribution in [1.29, 1.82) is 0 Å². The Hall–Kier alpha value is -0.0800. The summed E-state index contributed by atoms with van der Waals surface area (Å²) in [5.74, 6) is 5.86. The Morgan fingerprint density at radius 2 is 1.82 bits per heavy atom. The first-order chi connectivity index (χ1) is 5.26. The van der Waals surface area contributed by atoms with Crippen molar-refractivity contribution in [2.24, 2.45) is 5.84 Å². The van der Waals surface area contributed by atoms with Crippen LogP contribution in [0.25, 0.3) is 0 Å². The zero-order chi connectivity index (χ0) is 8.69. The molecule has 0 aromatic carbocycles. The van der Waals surface area contributed by atoms with Crippen molar-refractivity contribution in [2.75, 3.05) is 6.54 Å². The van der Waals surface area contributed by atoms with Crippen LogP contribution in [0.4, 0.5) is 0 Å². The summed E-state index contributed by atoms with van der Waals surface area (Å²) in [6, 6.07) is 0.597. The first kappa shape index (κ1) is 10.9. The number of hydrogen-bond donors (Lipinski definition) is 1. The van der Waals surface area contributed by atoms with Gasteiger partial charge in [-0.25, -0.2) is 5.01 Å². The molecule has 0 heterocycles. The molecule has 0 saturated carbocycles. The zero-order valence-electron chi connectivity index (χ0n) is 8.14. The molecule has 0 aliphatic rings. The smallest absolute Gasteiger partial charge is 0.0238 e. The van der Waals surface area contributed by atoms with Crippen LogP contribution in [0.2, 0.25) is 0 Å². The summed E-state index contributed by atoms with van der Waals surface area (Å²) in [5, 5.41) is 1.99. The fourth-order valence-electron chi connectivity index (χ4n) is 1.38. The summed E-state index contributed by atoms with van der Waals surface area (Å²) in [5.41, 5.74) is 0. The predicted octanol–water partition coefficient (Wildman–Crippen LogP) is 2.15. The van der Waals surface area contributed by atoms with E-state index < -0.39 is 0 Å². The van der Waals surface area contributed by atoms with E-state index in [9.17, 15) is 0 Å². The van der Waals surface area contributed by atoms with Gasteiger partial charge in [0, 0.05) is 12.6 Å². The van der Waals surface area contributed by atoms with Crippen LogP contribution in [-0.2, 0) is 0 Å². The molecule has 0 aliphatic carbocycles. The van der Waals surface area contributed by atoms with Crippen molar-refractivity contribution in [1.82, 2.24) is 5.01 Å². The van der Waals surface area contributed by atoms with Crippen LogP contribution in [0, 0.1) is 0 Å². The SMILES string of the molecule is CCCC(CC)N(N)CCC. The van der Waals surface area contributed by atoms with Gasteiger partial charge in [-0.2, -0.15) is 0 Å². The van der Waals surface area contributed by atoms with Crippen molar-refractivity contribution in [3.05, 3.63) is 0 Å². The third-order valence-electron chi connectivity index (χ3n) is 2.04. The van der Waals surface area contributed by atoms with E-state index in [0.717, 1.165) is 13.0 Å². The standard InChI is InChI=1S/C9H22N2/c1-4-7-9(6-3)11(10)8-5-2/h9H,4-8,10H2,1-3H3. The van der Waals surface area contributed by atoms with Crippen LogP contribution in [0.3, 0.4) is 0 Å². The van der Waals surface area contributed by atoms with Gasteiger partial charge in [0.05, 0.1) is 0 Å². The number of rotatable bonds is 6. The van der Waals surface area contributed by atoms with E-state index in [4.69, 9.17) is 5.84 Å². The van der Waals surface area contributed by atoms with Gasteiger partial charge in [0.25, 0.3) is 0 Å². The van der Waals surface area contributed by atoms with Crippen LogP contribution in [0.5, 0.6) is 0 Å². The van der Waals surface area contributed by atoms with E-state index in [1.165, 1.54) is 19.3 Å². The molecule has 0 bridgehead atoms. The van der Waals surface area contributed by atoms with E-state index in [1.807, 2.05) is 5.01 Å². The van der Waals surface area contributed by atoms with E-state index in [0.29, 0.717) is 6.04 Å². The molecule has 0 aromatic heterocycles. The second kappa shape index (κ2) is 6.62. The Balaban J connectivity index is 3.61. The maximum atomic E-state index is 5.86. The Morgan fingerprint density at radius 1 is 1.18 bits per heavy atom. The van der Waals surface area contributed by atoms with Gasteiger partial charge < -0.3 is 0 Å². The highest BCUT2D eigenvalue weighted by atomic mass is 15.4. The molecule has 2 N–H and O–H groups in total. The molecule has 0 saturated heterocycles. The molecular weight excluding hydrogens is 136 g/mol. The van der Waals surface area contributed by atoms with Crippen molar-refractivity contribution in [3.63, 3.8) is 0 Å². The first-order valence-electron chi connectivity index (χ1n) is 4.77. The largest absolute Gasteiger partial charge is 0.269 e. The molecule has 0 spiro atoms. The number of nitrogens with two attached hydrogens (primary N) is 1. The Bertz CT molecular complexity index is 83.6. The normalized spacial score (nSPS) is 13.9. The monoisotopic (exact) mass is 158 g/mol. The van der Waals surface area contributed by atoms with Gasteiger partial charge in [0.1, 0.15) is 0 Å². The molecule has 2 nitrogen and oxygen atoms in total. The summed E-state index contributed by atoms with van der Waals surface area (Å²) in [4.78, 5) is 0. The van der Waals surface area contributed by atoms with Gasteiger partial charge >= 0.3 is 0 Å². The molecule has 1 unspecified atom stereocenters. The van der Waals surface area contributed by atoms with Gasteiger partial charge in [-0.1, -0.05) is 27.2 Å². The fourth-order valence-corrected chi connectivity index (χ4v) is 1.38. The third-order valence-corrected chi connectivity index (χ3v) is 2.04. The van der Waals surface area contributed by atoms with Crippen molar-refractivity contribution < 1.29 is 0 Å². The summed E-state index contributed by atoms with van der Waals surface area (Å²) < 4.78 is 0. The van der Waals surface area contributed by atoms with Crippen molar-refractivity contribution >= 4 is 0 Å². The summed E-state index contributed by atoms with van der Waals surface area (Å²) in [6.45, 7) is 7.61. The highest BCUT2D eigenvalue weighted by Crippen LogP contribution is 2.07. The lowest BCUT2D eigenvalue weighted by Gasteiger charge is -2.25. The molecule has 1 atom stereocenters. The first-order valence-corrected chi connectivity index (χ1v) is 4.77. The highest BCUT2D eigenvalue weighted by Gasteiger charge is 2.09. The minimum Gasteiger partial charge on any atom is -0.269 e. The Labute approximate surface area is 70.7 Å². The average molecular weight is 158 g/mol. The van der Waals surface area contributed by atoms with Gasteiger partial charge in [-0.15, -0.1) is 0 Å². The molecule has 68 valence electrons. The topological polar surface area (TPSA) is 29.3 Å². The summed E-state index contributed by atoms with van der Waals surface area (Å²) >= 11 is 0. The van der Waals surface area contributed by atoms with Crippen molar-refractivity contribution in [2.45, 2.75) is 52.5 Å². The lowest BCUT2D eigenvalue weighted by atomic mass is 10.1. The third kappa shape index (κ3) is 4.38. The second-order valence-electron chi connectivity index (χ2n) is 3.09. The average Bonchev–Trinajstić information content (AvgIpc) is 2.00. The minimum absolute atomic E-state index is 0.597. The van der Waals surface area contributed by atoms with Crippen LogP contribution in [-0.4, -0.2) is 17.6 Å². The van der Waals surface area contributed by atoms with Gasteiger partial charge in [-0.3, -0.25) is 5.84 Å². The summed E-state index contributed by atoms with van der Waals surface area (Å²) in [6.07, 6.45) is 4.78. The van der Waals surface area contributed by atoms with Gasteiger partial charge in [-0.05, 0) is 19.3 Å². The molecule has 0 rings (SSSR count). The van der Waals surface area contributed by atoms with E-state index in [-0.39, 0.29) is 0 Å². The number of nitrogens with zero attached hydrogens (tertiary/aromatic N) is 1. The van der Waals surface area contributed by atoms with Crippen molar-refractivity contribution in [3.8, 4) is 0 Å². The summed E-state index contributed by atoms with van der Waals surface area (Å²) in [7, 11) is 0. The predicted molar refractivity (Wildman–Crippen MR) is 50.2 cm³/mol. The van der Waals surface area contributed by atoms with E-state index in [2.05, 4.69) is 20.8 Å². The lowest BCUT2D eigenvalue weighted by Crippen LogP contribution is -2.41. The van der Waals surface area contributed by atoms with Crippen LogP contribution < -0.4 is 5.84 Å². The number of hydrazine groups is 1. The molecular formula is C9H22N2. The molecule has 0 aromatic rings. The van der Waals surface area contributed by atoms with Crippen LogP contribution in [0.1, 0.15) is 46.5 Å². The van der Waals surface area contributed by atoms with Crippen LogP contribution in [0.15, 0.2) is 0 Å². The van der Waals surface area contributed by atoms with Crippen LogP contribution >= 0.6 is 0 Å². The maximum absolute atomic E-state index is 5.86. The van der Waals surface area contributed by atoms with E-state index in [1.54, 1.807) is 0 Å². The minimum atomic E-state index is 0.597. The Morgan fingerprint density at radius 3 is 2.18 bits per heavy atom. The number of hydrogen-bond acceptors (Lipinski definition) is 2. The maximum Gasteiger partial charge on any atom is 0.0238 e. The zero-order valence-corrected chi connectivity index (χ0v) is 8.14. The molecule has 0 fully saturated rings. The lowest BCUT2D eigenvalue weighted by molar-refractivity contribution is 0.184.